The summed E-state index contributed by atoms with van der Waals surface area (Å²) in [6.07, 6.45) is 4.95. The summed E-state index contributed by atoms with van der Waals surface area (Å²) < 4.78 is 0. The lowest BCUT2D eigenvalue weighted by atomic mass is 10.1. The van der Waals surface area contributed by atoms with Crippen LogP contribution in [0.2, 0.25) is 0 Å². The molecule has 2 aromatic heterocycles. The van der Waals surface area contributed by atoms with Crippen LogP contribution in [-0.4, -0.2) is 15.9 Å². The fraction of sp³-hybridized carbons (Fsp3) is 0. The fourth-order valence-corrected chi connectivity index (χ4v) is 2.33. The molecule has 0 aliphatic carbocycles. The number of pyridine rings is 1. The van der Waals surface area contributed by atoms with E-state index in [9.17, 15) is 4.79 Å². The zero-order chi connectivity index (χ0) is 13.8. The lowest BCUT2D eigenvalue weighted by Gasteiger charge is -2.04. The highest BCUT2D eigenvalue weighted by molar-refractivity contribution is 7.13. The monoisotopic (exact) mass is 281 g/mol. The third kappa shape index (κ3) is 2.73. The van der Waals surface area contributed by atoms with Gasteiger partial charge < -0.3 is 0 Å². The van der Waals surface area contributed by atoms with E-state index in [1.54, 1.807) is 18.6 Å². The topological polar surface area (TPSA) is 54.9 Å². The standard InChI is InChI=1S/C15H11N3OS/c19-14(18-15-17-6-7-20-15)13-8-12(9-16-10-13)11-4-2-1-3-5-11/h1-10H,(H,17,18,19). The van der Waals surface area contributed by atoms with E-state index in [1.807, 2.05) is 41.8 Å². The molecule has 20 heavy (non-hydrogen) atoms. The van der Waals surface area contributed by atoms with E-state index < -0.39 is 0 Å². The predicted octanol–water partition coefficient (Wildman–Crippen LogP) is 3.46. The quantitative estimate of drug-likeness (QED) is 0.800. The molecule has 0 spiro atoms. The molecule has 0 saturated carbocycles. The van der Waals surface area contributed by atoms with Crippen molar-refractivity contribution in [3.63, 3.8) is 0 Å². The maximum absolute atomic E-state index is 12.1. The SMILES string of the molecule is O=C(Nc1nccs1)c1cncc(-c2ccccc2)c1. The summed E-state index contributed by atoms with van der Waals surface area (Å²) in [6, 6.07) is 11.7. The second kappa shape index (κ2) is 5.63. The zero-order valence-electron chi connectivity index (χ0n) is 10.5. The van der Waals surface area contributed by atoms with Gasteiger partial charge in [0.05, 0.1) is 5.56 Å². The molecule has 0 atom stereocenters. The van der Waals surface area contributed by atoms with Crippen LogP contribution in [0.1, 0.15) is 10.4 Å². The maximum atomic E-state index is 12.1. The molecule has 3 rings (SSSR count). The molecule has 0 unspecified atom stereocenters. The first-order valence-corrected chi connectivity index (χ1v) is 6.92. The van der Waals surface area contributed by atoms with Crippen molar-refractivity contribution in [2.24, 2.45) is 0 Å². The molecule has 1 amide bonds. The van der Waals surface area contributed by atoms with Crippen LogP contribution >= 0.6 is 11.3 Å². The van der Waals surface area contributed by atoms with Crippen molar-refractivity contribution in [3.8, 4) is 11.1 Å². The average Bonchev–Trinajstić information content (AvgIpc) is 3.01. The molecule has 0 bridgehead atoms. The van der Waals surface area contributed by atoms with Crippen LogP contribution in [0, 0.1) is 0 Å². The highest BCUT2D eigenvalue weighted by atomic mass is 32.1. The Labute approximate surface area is 120 Å². The van der Waals surface area contributed by atoms with Gasteiger partial charge in [0.25, 0.3) is 5.91 Å². The molecular formula is C15H11N3OS. The van der Waals surface area contributed by atoms with Crippen molar-refractivity contribution in [1.82, 2.24) is 9.97 Å². The van der Waals surface area contributed by atoms with Gasteiger partial charge in [-0.3, -0.25) is 15.1 Å². The highest BCUT2D eigenvalue weighted by Gasteiger charge is 2.09. The van der Waals surface area contributed by atoms with Crippen molar-refractivity contribution in [3.05, 3.63) is 65.9 Å². The van der Waals surface area contributed by atoms with E-state index in [-0.39, 0.29) is 5.91 Å². The van der Waals surface area contributed by atoms with E-state index in [0.717, 1.165) is 11.1 Å². The molecule has 3 aromatic rings. The molecule has 0 aliphatic rings. The molecular weight excluding hydrogens is 270 g/mol. The number of amides is 1. The maximum Gasteiger partial charge on any atom is 0.259 e. The predicted molar refractivity (Wildman–Crippen MR) is 79.7 cm³/mol. The highest BCUT2D eigenvalue weighted by Crippen LogP contribution is 2.19. The van der Waals surface area contributed by atoms with Gasteiger partial charge in [-0.2, -0.15) is 0 Å². The average molecular weight is 281 g/mol. The summed E-state index contributed by atoms with van der Waals surface area (Å²) in [4.78, 5) is 20.3. The first-order valence-electron chi connectivity index (χ1n) is 6.04. The Morgan fingerprint density at radius 1 is 1.10 bits per heavy atom. The molecule has 1 N–H and O–H groups in total. The Kier molecular flexibility index (Phi) is 3.52. The Morgan fingerprint density at radius 3 is 2.70 bits per heavy atom. The summed E-state index contributed by atoms with van der Waals surface area (Å²) in [5.41, 5.74) is 2.46. The smallest absolute Gasteiger partial charge is 0.259 e. The lowest BCUT2D eigenvalue weighted by Crippen LogP contribution is -2.12. The van der Waals surface area contributed by atoms with Crippen LogP contribution in [-0.2, 0) is 0 Å². The Bertz CT molecular complexity index is 711. The van der Waals surface area contributed by atoms with Crippen LogP contribution in [0.25, 0.3) is 11.1 Å². The summed E-state index contributed by atoms with van der Waals surface area (Å²) in [5, 5.41) is 5.14. The van der Waals surface area contributed by atoms with Crippen LogP contribution in [0.15, 0.2) is 60.4 Å². The molecule has 5 heteroatoms. The number of thiazole rings is 1. The molecule has 0 aliphatic heterocycles. The summed E-state index contributed by atoms with van der Waals surface area (Å²) in [5.74, 6) is -0.203. The van der Waals surface area contributed by atoms with Crippen molar-refractivity contribution in [1.29, 1.82) is 0 Å². The molecule has 0 fully saturated rings. The number of nitrogens with zero attached hydrogens (tertiary/aromatic N) is 2. The fourth-order valence-electron chi connectivity index (χ4n) is 1.81. The summed E-state index contributed by atoms with van der Waals surface area (Å²) in [6.45, 7) is 0. The Morgan fingerprint density at radius 2 is 1.95 bits per heavy atom. The van der Waals surface area contributed by atoms with Crippen LogP contribution in [0.3, 0.4) is 0 Å². The number of aromatic nitrogens is 2. The Hall–Kier alpha value is -2.53. The number of rotatable bonds is 3. The van der Waals surface area contributed by atoms with Gasteiger partial charge in [-0.05, 0) is 11.6 Å². The van der Waals surface area contributed by atoms with Crippen molar-refractivity contribution in [2.75, 3.05) is 5.32 Å². The van der Waals surface area contributed by atoms with E-state index in [4.69, 9.17) is 0 Å². The first kappa shape index (κ1) is 12.5. The third-order valence-electron chi connectivity index (χ3n) is 2.76. The van der Waals surface area contributed by atoms with E-state index in [0.29, 0.717) is 10.7 Å². The van der Waals surface area contributed by atoms with E-state index >= 15 is 0 Å². The zero-order valence-corrected chi connectivity index (χ0v) is 11.3. The number of carbonyl (C=O) groups excluding carboxylic acids is 1. The van der Waals surface area contributed by atoms with Crippen LogP contribution in [0.5, 0.6) is 0 Å². The summed E-state index contributed by atoms with van der Waals surface area (Å²) in [7, 11) is 0. The molecule has 4 nitrogen and oxygen atoms in total. The van der Waals surface area contributed by atoms with Crippen molar-refractivity contribution >= 4 is 22.4 Å². The van der Waals surface area contributed by atoms with Gasteiger partial charge >= 0.3 is 0 Å². The minimum atomic E-state index is -0.203. The number of hydrogen-bond donors (Lipinski definition) is 1. The van der Waals surface area contributed by atoms with Gasteiger partial charge in [-0.25, -0.2) is 4.98 Å². The van der Waals surface area contributed by atoms with Crippen molar-refractivity contribution in [2.45, 2.75) is 0 Å². The van der Waals surface area contributed by atoms with Gasteiger partial charge in [0.15, 0.2) is 5.13 Å². The first-order chi connectivity index (χ1) is 9.83. The minimum Gasteiger partial charge on any atom is -0.298 e. The molecule has 0 radical (unpaired) electrons. The molecule has 2 heterocycles. The van der Waals surface area contributed by atoms with Gasteiger partial charge in [0.2, 0.25) is 0 Å². The van der Waals surface area contributed by atoms with Crippen LogP contribution in [0.4, 0.5) is 5.13 Å². The largest absolute Gasteiger partial charge is 0.298 e. The minimum absolute atomic E-state index is 0.203. The second-order valence-corrected chi connectivity index (χ2v) is 5.01. The van der Waals surface area contributed by atoms with Gasteiger partial charge in [0, 0.05) is 29.5 Å². The lowest BCUT2D eigenvalue weighted by molar-refractivity contribution is 0.102. The molecule has 1 aromatic carbocycles. The van der Waals surface area contributed by atoms with Crippen molar-refractivity contribution < 1.29 is 4.79 Å². The normalized spacial score (nSPS) is 10.2. The number of anilines is 1. The van der Waals surface area contributed by atoms with Crippen LogP contribution < -0.4 is 5.32 Å². The van der Waals surface area contributed by atoms with Gasteiger partial charge in [-0.15, -0.1) is 11.3 Å². The number of benzene rings is 1. The number of carbonyl (C=O) groups is 1. The van der Waals surface area contributed by atoms with E-state index in [2.05, 4.69) is 15.3 Å². The molecule has 0 saturated heterocycles. The van der Waals surface area contributed by atoms with E-state index in [1.165, 1.54) is 11.3 Å². The third-order valence-corrected chi connectivity index (χ3v) is 3.45. The molecule has 98 valence electrons. The second-order valence-electron chi connectivity index (χ2n) is 4.12. The van der Waals surface area contributed by atoms with Gasteiger partial charge in [0.1, 0.15) is 0 Å². The number of nitrogens with one attached hydrogen (secondary N) is 1. The number of hydrogen-bond acceptors (Lipinski definition) is 4. The summed E-state index contributed by atoms with van der Waals surface area (Å²) >= 11 is 1.38. The van der Waals surface area contributed by atoms with Gasteiger partial charge in [-0.1, -0.05) is 30.3 Å². The Balaban J connectivity index is 1.86.